The van der Waals surface area contributed by atoms with Gasteiger partial charge in [0.1, 0.15) is 5.69 Å². The molecule has 0 saturated heterocycles. The second-order valence-corrected chi connectivity index (χ2v) is 8.09. The van der Waals surface area contributed by atoms with Crippen LogP contribution in [0.4, 0.5) is 0 Å². The highest BCUT2D eigenvalue weighted by molar-refractivity contribution is 6.30. The normalized spacial score (nSPS) is 15.5. The van der Waals surface area contributed by atoms with E-state index in [9.17, 15) is 4.79 Å². The lowest BCUT2D eigenvalue weighted by atomic mass is 9.95. The molecule has 1 aromatic heterocycles. The number of carbonyl (C=O) groups excluding carboxylic acids is 1. The van der Waals surface area contributed by atoms with Gasteiger partial charge < -0.3 is 14.4 Å². The summed E-state index contributed by atoms with van der Waals surface area (Å²) >= 11 is 6.07. The molecule has 6 nitrogen and oxygen atoms in total. The Balaban J connectivity index is 1.87. The van der Waals surface area contributed by atoms with E-state index in [2.05, 4.69) is 10.2 Å². The first-order chi connectivity index (χ1) is 15.0. The van der Waals surface area contributed by atoms with E-state index in [0.29, 0.717) is 35.4 Å². The van der Waals surface area contributed by atoms with Crippen LogP contribution < -0.4 is 9.47 Å². The number of nitrogens with zero attached hydrogens (tertiary/aromatic N) is 2. The quantitative estimate of drug-likeness (QED) is 0.529. The van der Waals surface area contributed by atoms with Crippen LogP contribution in [0, 0.1) is 0 Å². The Morgan fingerprint density at radius 2 is 1.74 bits per heavy atom. The molecule has 162 valence electrons. The van der Waals surface area contributed by atoms with Crippen molar-refractivity contribution in [3.8, 4) is 22.8 Å². The summed E-state index contributed by atoms with van der Waals surface area (Å²) in [6, 6.07) is 13.1. The van der Waals surface area contributed by atoms with E-state index in [1.165, 1.54) is 0 Å². The maximum absolute atomic E-state index is 13.3. The van der Waals surface area contributed by atoms with Gasteiger partial charge in [0.2, 0.25) is 0 Å². The molecule has 0 aliphatic carbocycles. The number of rotatable bonds is 7. The molecule has 1 aliphatic rings. The Bertz CT molecular complexity index is 1090. The standard InChI is InChI=1S/C24H26ClN3O3/c1-5-30-18-12-9-16(13-19(18)31-6-2)23-20-21(15-7-10-17(25)11-8-15)26-27-22(20)24(29)28(23)14(3)4/h7-14,23H,5-6H2,1-4H3,(H,26,27). The third-order valence-electron chi connectivity index (χ3n) is 5.36. The molecule has 0 bridgehead atoms. The number of nitrogens with one attached hydrogen (secondary N) is 1. The number of ether oxygens (including phenoxy) is 2. The minimum atomic E-state index is -0.290. The molecule has 1 aliphatic heterocycles. The molecule has 31 heavy (non-hydrogen) atoms. The number of benzene rings is 2. The van der Waals surface area contributed by atoms with Crippen molar-refractivity contribution in [2.24, 2.45) is 0 Å². The number of halogens is 1. The Kier molecular flexibility index (Phi) is 5.92. The minimum Gasteiger partial charge on any atom is -0.490 e. The molecule has 1 unspecified atom stereocenters. The van der Waals surface area contributed by atoms with Gasteiger partial charge in [-0.2, -0.15) is 5.10 Å². The van der Waals surface area contributed by atoms with Crippen LogP contribution >= 0.6 is 11.6 Å². The third-order valence-corrected chi connectivity index (χ3v) is 5.61. The van der Waals surface area contributed by atoms with Crippen LogP contribution in [0.5, 0.6) is 11.5 Å². The van der Waals surface area contributed by atoms with Gasteiger partial charge in [0.05, 0.1) is 24.9 Å². The predicted molar refractivity (Wildman–Crippen MR) is 121 cm³/mol. The summed E-state index contributed by atoms with van der Waals surface area (Å²) in [6.07, 6.45) is 0. The smallest absolute Gasteiger partial charge is 0.273 e. The van der Waals surface area contributed by atoms with Crippen LogP contribution in [0.3, 0.4) is 0 Å². The van der Waals surface area contributed by atoms with Crippen molar-refractivity contribution in [2.45, 2.75) is 39.8 Å². The number of hydrogen-bond acceptors (Lipinski definition) is 4. The Morgan fingerprint density at radius 3 is 2.39 bits per heavy atom. The van der Waals surface area contributed by atoms with Gasteiger partial charge in [-0.1, -0.05) is 29.8 Å². The summed E-state index contributed by atoms with van der Waals surface area (Å²) in [5, 5.41) is 8.12. The van der Waals surface area contributed by atoms with Crippen LogP contribution in [0.1, 0.15) is 55.4 Å². The van der Waals surface area contributed by atoms with Crippen molar-refractivity contribution in [3.63, 3.8) is 0 Å². The van der Waals surface area contributed by atoms with Crippen LogP contribution in [0.2, 0.25) is 5.02 Å². The second kappa shape index (κ2) is 8.63. The molecule has 2 heterocycles. The monoisotopic (exact) mass is 439 g/mol. The van der Waals surface area contributed by atoms with Gasteiger partial charge in [0.25, 0.3) is 5.91 Å². The molecule has 0 radical (unpaired) electrons. The van der Waals surface area contributed by atoms with Crippen LogP contribution in [-0.2, 0) is 0 Å². The van der Waals surface area contributed by atoms with Gasteiger partial charge >= 0.3 is 0 Å². The summed E-state index contributed by atoms with van der Waals surface area (Å²) in [4.78, 5) is 15.2. The Hall–Kier alpha value is -2.99. The van der Waals surface area contributed by atoms with Gasteiger partial charge in [-0.15, -0.1) is 0 Å². The van der Waals surface area contributed by atoms with Gasteiger partial charge in [-0.05, 0) is 57.5 Å². The van der Waals surface area contributed by atoms with Crippen molar-refractivity contribution in [1.29, 1.82) is 0 Å². The molecule has 1 N–H and O–H groups in total. The molecule has 2 aromatic carbocycles. The Morgan fingerprint density at radius 1 is 1.06 bits per heavy atom. The topological polar surface area (TPSA) is 67.5 Å². The van der Waals surface area contributed by atoms with E-state index < -0.39 is 0 Å². The lowest BCUT2D eigenvalue weighted by Gasteiger charge is -2.30. The molecule has 0 fully saturated rings. The lowest BCUT2D eigenvalue weighted by molar-refractivity contribution is 0.0687. The predicted octanol–water partition coefficient (Wildman–Crippen LogP) is 5.48. The van der Waals surface area contributed by atoms with Crippen LogP contribution in [-0.4, -0.2) is 40.3 Å². The summed E-state index contributed by atoms with van der Waals surface area (Å²) in [5.41, 5.74) is 3.99. The number of amides is 1. The molecule has 3 aromatic rings. The third kappa shape index (κ3) is 3.76. The van der Waals surface area contributed by atoms with E-state index in [1.54, 1.807) is 0 Å². The summed E-state index contributed by atoms with van der Waals surface area (Å²) in [6.45, 7) is 8.99. The summed E-state index contributed by atoms with van der Waals surface area (Å²) in [5.74, 6) is 1.30. The zero-order valence-electron chi connectivity index (χ0n) is 18.1. The van der Waals surface area contributed by atoms with Crippen molar-refractivity contribution in [2.75, 3.05) is 13.2 Å². The highest BCUT2D eigenvalue weighted by Crippen LogP contribution is 2.45. The van der Waals surface area contributed by atoms with Crippen molar-refractivity contribution < 1.29 is 14.3 Å². The first-order valence-corrected chi connectivity index (χ1v) is 10.9. The lowest BCUT2D eigenvalue weighted by Crippen LogP contribution is -2.35. The zero-order valence-corrected chi connectivity index (χ0v) is 18.9. The second-order valence-electron chi connectivity index (χ2n) is 7.65. The van der Waals surface area contributed by atoms with Crippen molar-refractivity contribution in [3.05, 3.63) is 64.3 Å². The highest BCUT2D eigenvalue weighted by Gasteiger charge is 2.43. The molecule has 4 rings (SSSR count). The van der Waals surface area contributed by atoms with Crippen LogP contribution in [0.15, 0.2) is 42.5 Å². The van der Waals surface area contributed by atoms with E-state index in [1.807, 2.05) is 75.1 Å². The van der Waals surface area contributed by atoms with Crippen LogP contribution in [0.25, 0.3) is 11.3 Å². The fourth-order valence-electron chi connectivity index (χ4n) is 4.09. The van der Waals surface area contributed by atoms with E-state index in [4.69, 9.17) is 21.1 Å². The molecule has 1 atom stereocenters. The largest absolute Gasteiger partial charge is 0.490 e. The van der Waals surface area contributed by atoms with Gasteiger partial charge in [-0.3, -0.25) is 9.89 Å². The van der Waals surface area contributed by atoms with E-state index in [-0.39, 0.29) is 18.0 Å². The number of aromatic amines is 1. The molecular weight excluding hydrogens is 414 g/mol. The number of aromatic nitrogens is 2. The maximum Gasteiger partial charge on any atom is 0.273 e. The zero-order chi connectivity index (χ0) is 22.1. The first kappa shape index (κ1) is 21.2. The highest BCUT2D eigenvalue weighted by atomic mass is 35.5. The molecule has 0 saturated carbocycles. The number of fused-ring (bicyclic) bond motifs is 1. The average molecular weight is 440 g/mol. The SMILES string of the molecule is CCOc1ccc(C2c3c(-c4ccc(Cl)cc4)n[nH]c3C(=O)N2C(C)C)cc1OCC. The molecular formula is C24H26ClN3O3. The average Bonchev–Trinajstić information content (AvgIpc) is 3.29. The minimum absolute atomic E-state index is 0.00141. The van der Waals surface area contributed by atoms with E-state index >= 15 is 0 Å². The Labute approximate surface area is 187 Å². The maximum atomic E-state index is 13.3. The number of H-pyrrole nitrogens is 1. The van der Waals surface area contributed by atoms with Crippen molar-refractivity contribution in [1.82, 2.24) is 15.1 Å². The van der Waals surface area contributed by atoms with Gasteiger partial charge in [0, 0.05) is 22.2 Å². The van der Waals surface area contributed by atoms with Gasteiger partial charge in [-0.25, -0.2) is 0 Å². The molecule has 0 spiro atoms. The van der Waals surface area contributed by atoms with Gasteiger partial charge in [0.15, 0.2) is 11.5 Å². The summed E-state index contributed by atoms with van der Waals surface area (Å²) in [7, 11) is 0. The van der Waals surface area contributed by atoms with E-state index in [0.717, 1.165) is 22.4 Å². The van der Waals surface area contributed by atoms with Crippen molar-refractivity contribution >= 4 is 17.5 Å². The number of hydrogen-bond donors (Lipinski definition) is 1. The molecule has 1 amide bonds. The summed E-state index contributed by atoms with van der Waals surface area (Å²) < 4.78 is 11.6. The molecule has 7 heteroatoms. The number of carbonyl (C=O) groups is 1. The fourth-order valence-corrected chi connectivity index (χ4v) is 4.22. The fraction of sp³-hybridized carbons (Fsp3) is 0.333. The first-order valence-electron chi connectivity index (χ1n) is 10.5.